The number of carbonyl (C=O) groups excluding carboxylic acids is 3. The summed E-state index contributed by atoms with van der Waals surface area (Å²) < 4.78 is 0. The van der Waals surface area contributed by atoms with E-state index in [-0.39, 0.29) is 24.3 Å². The quantitative estimate of drug-likeness (QED) is 0.777. The normalized spacial score (nSPS) is 16.9. The fraction of sp³-hybridized carbons (Fsp3) is 0.550. The van der Waals surface area contributed by atoms with Gasteiger partial charge in [-0.15, -0.1) is 11.8 Å². The summed E-state index contributed by atoms with van der Waals surface area (Å²) in [6.07, 6.45) is 3.23. The molecule has 0 aliphatic carbocycles. The van der Waals surface area contributed by atoms with Crippen molar-refractivity contribution in [3.05, 3.63) is 23.8 Å². The molecule has 0 spiro atoms. The molecule has 1 saturated heterocycles. The van der Waals surface area contributed by atoms with Crippen molar-refractivity contribution in [1.82, 2.24) is 15.1 Å². The van der Waals surface area contributed by atoms with Crippen LogP contribution in [0.3, 0.4) is 0 Å². The van der Waals surface area contributed by atoms with Gasteiger partial charge in [0.15, 0.2) is 0 Å². The number of carbonyl (C=O) groups is 3. The number of benzene rings is 1. The molecule has 8 heteroatoms. The monoisotopic (exact) mass is 404 g/mol. The standard InChI is InChI=1S/C20H28N4O3S/c1-22(2)11-8-21-18(25)13-24-16-12-15(6-7-17(16)28-14-19(24)26)20(27)23-9-4-3-5-10-23/h6-7,12H,3-5,8-11,13-14H2,1-2H3,(H,21,25). The Hall–Kier alpha value is -2.06. The zero-order valence-corrected chi connectivity index (χ0v) is 17.4. The first-order chi connectivity index (χ1) is 13.5. The third-order valence-corrected chi connectivity index (χ3v) is 6.02. The van der Waals surface area contributed by atoms with E-state index >= 15 is 0 Å². The number of nitrogens with zero attached hydrogens (tertiary/aromatic N) is 3. The lowest BCUT2D eigenvalue weighted by atomic mass is 10.1. The van der Waals surface area contributed by atoms with Crippen molar-refractivity contribution in [2.75, 3.05) is 57.5 Å². The number of anilines is 1. The average Bonchev–Trinajstić information content (AvgIpc) is 2.69. The van der Waals surface area contributed by atoms with Crippen LogP contribution in [0.1, 0.15) is 29.6 Å². The van der Waals surface area contributed by atoms with Crippen molar-refractivity contribution in [2.24, 2.45) is 0 Å². The number of likely N-dealkylation sites (N-methyl/N-ethyl adjacent to an activating group) is 1. The van der Waals surface area contributed by atoms with Crippen LogP contribution in [0.5, 0.6) is 0 Å². The number of thioether (sulfide) groups is 1. The Morgan fingerprint density at radius 3 is 2.64 bits per heavy atom. The highest BCUT2D eigenvalue weighted by Crippen LogP contribution is 2.36. The molecule has 0 atom stereocenters. The largest absolute Gasteiger partial charge is 0.353 e. The highest BCUT2D eigenvalue weighted by molar-refractivity contribution is 8.00. The molecule has 0 aromatic heterocycles. The van der Waals surface area contributed by atoms with Crippen molar-refractivity contribution >= 4 is 35.2 Å². The molecule has 2 aliphatic rings. The Bertz CT molecular complexity index is 747. The summed E-state index contributed by atoms with van der Waals surface area (Å²) in [4.78, 5) is 43.9. The lowest BCUT2D eigenvalue weighted by molar-refractivity contribution is -0.123. The highest BCUT2D eigenvalue weighted by atomic mass is 32.2. The summed E-state index contributed by atoms with van der Waals surface area (Å²) in [6, 6.07) is 5.48. The molecule has 0 bridgehead atoms. The number of hydrogen-bond donors (Lipinski definition) is 1. The van der Waals surface area contributed by atoms with Gasteiger partial charge in [-0.2, -0.15) is 0 Å². The van der Waals surface area contributed by atoms with Gasteiger partial charge in [-0.05, 0) is 51.6 Å². The summed E-state index contributed by atoms with van der Waals surface area (Å²) >= 11 is 1.45. The van der Waals surface area contributed by atoms with Gasteiger partial charge in [-0.25, -0.2) is 0 Å². The van der Waals surface area contributed by atoms with Crippen molar-refractivity contribution in [1.29, 1.82) is 0 Å². The van der Waals surface area contributed by atoms with E-state index in [9.17, 15) is 14.4 Å². The molecule has 1 fully saturated rings. The van der Waals surface area contributed by atoms with Gasteiger partial charge in [-0.1, -0.05) is 0 Å². The van der Waals surface area contributed by atoms with Crippen molar-refractivity contribution in [3.8, 4) is 0 Å². The van der Waals surface area contributed by atoms with Crippen LogP contribution in [0.2, 0.25) is 0 Å². The van der Waals surface area contributed by atoms with E-state index in [1.165, 1.54) is 16.7 Å². The number of fused-ring (bicyclic) bond motifs is 1. The highest BCUT2D eigenvalue weighted by Gasteiger charge is 2.28. The van der Waals surface area contributed by atoms with Crippen molar-refractivity contribution < 1.29 is 14.4 Å². The van der Waals surface area contributed by atoms with Gasteiger partial charge in [-0.3, -0.25) is 14.4 Å². The Morgan fingerprint density at radius 2 is 1.93 bits per heavy atom. The SMILES string of the molecule is CN(C)CCNC(=O)CN1C(=O)CSc2ccc(C(=O)N3CCCCC3)cc21. The van der Waals surface area contributed by atoms with E-state index in [0.717, 1.165) is 43.8 Å². The summed E-state index contributed by atoms with van der Waals surface area (Å²) in [7, 11) is 3.88. The van der Waals surface area contributed by atoms with E-state index < -0.39 is 0 Å². The molecule has 0 saturated carbocycles. The van der Waals surface area contributed by atoms with Gasteiger partial charge in [0.25, 0.3) is 5.91 Å². The maximum Gasteiger partial charge on any atom is 0.253 e. The molecule has 2 heterocycles. The molecule has 0 radical (unpaired) electrons. The summed E-state index contributed by atoms with van der Waals surface area (Å²) in [5.41, 5.74) is 1.24. The second kappa shape index (κ2) is 9.43. The summed E-state index contributed by atoms with van der Waals surface area (Å²) in [6.45, 7) is 2.80. The minimum absolute atomic E-state index is 0.000840. The molecule has 3 amide bonds. The number of piperidine rings is 1. The minimum Gasteiger partial charge on any atom is -0.353 e. The van der Waals surface area contributed by atoms with Crippen molar-refractivity contribution in [2.45, 2.75) is 24.2 Å². The molecular formula is C20H28N4O3S. The molecule has 7 nitrogen and oxygen atoms in total. The van der Waals surface area contributed by atoms with Crippen LogP contribution in [0.25, 0.3) is 0 Å². The first-order valence-electron chi connectivity index (χ1n) is 9.73. The Labute approximate surface area is 170 Å². The van der Waals surface area contributed by atoms with Gasteiger partial charge in [0, 0.05) is 36.6 Å². The lowest BCUT2D eigenvalue weighted by Crippen LogP contribution is -2.44. The van der Waals surface area contributed by atoms with Crippen LogP contribution in [0, 0.1) is 0 Å². The van der Waals surface area contributed by atoms with E-state index in [2.05, 4.69) is 5.32 Å². The zero-order valence-electron chi connectivity index (χ0n) is 16.6. The second-order valence-electron chi connectivity index (χ2n) is 7.46. The Kier molecular flexibility index (Phi) is 6.96. The number of amides is 3. The molecular weight excluding hydrogens is 376 g/mol. The smallest absolute Gasteiger partial charge is 0.253 e. The van der Waals surface area contributed by atoms with Gasteiger partial charge < -0.3 is 20.0 Å². The fourth-order valence-corrected chi connectivity index (χ4v) is 4.32. The molecule has 152 valence electrons. The predicted molar refractivity (Wildman–Crippen MR) is 111 cm³/mol. The Morgan fingerprint density at radius 1 is 1.18 bits per heavy atom. The minimum atomic E-state index is -0.194. The van der Waals surface area contributed by atoms with Crippen LogP contribution >= 0.6 is 11.8 Å². The first kappa shape index (κ1) is 20.7. The number of hydrogen-bond acceptors (Lipinski definition) is 5. The molecule has 3 rings (SSSR count). The average molecular weight is 405 g/mol. The van der Waals surface area contributed by atoms with E-state index in [0.29, 0.717) is 23.5 Å². The zero-order chi connectivity index (χ0) is 20.1. The summed E-state index contributed by atoms with van der Waals surface area (Å²) in [5, 5.41) is 2.85. The van der Waals surface area contributed by atoms with Crippen molar-refractivity contribution in [3.63, 3.8) is 0 Å². The van der Waals surface area contributed by atoms with Crippen LogP contribution in [0.15, 0.2) is 23.1 Å². The van der Waals surface area contributed by atoms with Gasteiger partial charge in [0.1, 0.15) is 6.54 Å². The van der Waals surface area contributed by atoms with Crippen LogP contribution in [0.4, 0.5) is 5.69 Å². The third-order valence-electron chi connectivity index (χ3n) is 4.98. The van der Waals surface area contributed by atoms with Crippen LogP contribution < -0.4 is 10.2 Å². The molecule has 2 aliphatic heterocycles. The first-order valence-corrected chi connectivity index (χ1v) is 10.7. The third kappa shape index (κ3) is 5.05. The van der Waals surface area contributed by atoms with Gasteiger partial charge in [0.05, 0.1) is 11.4 Å². The molecule has 1 N–H and O–H groups in total. The topological polar surface area (TPSA) is 73.0 Å². The number of likely N-dealkylation sites (tertiary alicyclic amines) is 1. The number of nitrogens with one attached hydrogen (secondary N) is 1. The fourth-order valence-electron chi connectivity index (χ4n) is 3.41. The summed E-state index contributed by atoms with van der Waals surface area (Å²) in [5.74, 6) is 0.00163. The van der Waals surface area contributed by atoms with E-state index in [1.807, 2.05) is 36.0 Å². The maximum atomic E-state index is 12.8. The second-order valence-corrected chi connectivity index (χ2v) is 8.47. The molecule has 28 heavy (non-hydrogen) atoms. The maximum absolute atomic E-state index is 12.8. The Balaban J connectivity index is 1.74. The van der Waals surface area contributed by atoms with Gasteiger partial charge in [0.2, 0.25) is 11.8 Å². The molecule has 1 aromatic carbocycles. The number of rotatable bonds is 6. The van der Waals surface area contributed by atoms with Crippen LogP contribution in [-0.2, 0) is 9.59 Å². The van der Waals surface area contributed by atoms with E-state index in [4.69, 9.17) is 0 Å². The molecule has 0 unspecified atom stereocenters. The lowest BCUT2D eigenvalue weighted by Gasteiger charge is -2.30. The predicted octanol–water partition coefficient (Wildman–Crippen LogP) is 1.43. The van der Waals surface area contributed by atoms with Gasteiger partial charge >= 0.3 is 0 Å². The molecule has 1 aromatic rings. The van der Waals surface area contributed by atoms with Crippen LogP contribution in [-0.4, -0.2) is 80.1 Å². The van der Waals surface area contributed by atoms with E-state index in [1.54, 1.807) is 6.07 Å².